The number of ether oxygens (including phenoxy) is 2. The highest BCUT2D eigenvalue weighted by atomic mass is 19.3. The zero-order valence-electron chi connectivity index (χ0n) is 15.8. The molecule has 0 spiro atoms. The lowest BCUT2D eigenvalue weighted by atomic mass is 10.1. The third-order valence-corrected chi connectivity index (χ3v) is 3.67. The fourth-order valence-corrected chi connectivity index (χ4v) is 2.18. The summed E-state index contributed by atoms with van der Waals surface area (Å²) in [6, 6.07) is 11.3. The second-order valence-electron chi connectivity index (χ2n) is 5.99. The molecule has 0 aromatic heterocycles. The predicted octanol–water partition coefficient (Wildman–Crippen LogP) is 1.83. The number of hydrogen-bond donors (Lipinski definition) is 2. The number of carbonyl (C=O) groups is 4. The van der Waals surface area contributed by atoms with E-state index in [9.17, 15) is 28.0 Å². The summed E-state index contributed by atoms with van der Waals surface area (Å²) in [5, 5.41) is 4.33. The van der Waals surface area contributed by atoms with Crippen LogP contribution in [0, 0.1) is 6.92 Å². The minimum atomic E-state index is -3.00. The van der Waals surface area contributed by atoms with Crippen LogP contribution in [0.3, 0.4) is 0 Å². The molecule has 0 fully saturated rings. The van der Waals surface area contributed by atoms with Gasteiger partial charge in [0.15, 0.2) is 6.61 Å². The summed E-state index contributed by atoms with van der Waals surface area (Å²) in [6.07, 6.45) is 0. The predicted molar refractivity (Wildman–Crippen MR) is 100 cm³/mol. The van der Waals surface area contributed by atoms with Crippen LogP contribution in [0.5, 0.6) is 5.75 Å². The van der Waals surface area contributed by atoms with Gasteiger partial charge in [-0.1, -0.05) is 17.7 Å². The Kier molecular flexibility index (Phi) is 7.98. The van der Waals surface area contributed by atoms with Gasteiger partial charge in [-0.15, -0.1) is 0 Å². The van der Waals surface area contributed by atoms with Gasteiger partial charge in [-0.25, -0.2) is 0 Å². The van der Waals surface area contributed by atoms with Crippen molar-refractivity contribution in [3.63, 3.8) is 0 Å². The molecule has 8 nitrogen and oxygen atoms in total. The van der Waals surface area contributed by atoms with E-state index in [0.29, 0.717) is 5.56 Å². The first-order valence-corrected chi connectivity index (χ1v) is 8.64. The van der Waals surface area contributed by atoms with Crippen LogP contribution in [-0.4, -0.2) is 43.5 Å². The second kappa shape index (κ2) is 10.6. The van der Waals surface area contributed by atoms with E-state index in [1.807, 2.05) is 12.2 Å². The Morgan fingerprint density at radius 1 is 0.900 bits per heavy atom. The van der Waals surface area contributed by atoms with Crippen LogP contribution in [0.2, 0.25) is 0 Å². The molecular weight excluding hydrogens is 402 g/mol. The van der Waals surface area contributed by atoms with Crippen molar-refractivity contribution < 1.29 is 37.4 Å². The monoisotopic (exact) mass is 420 g/mol. The first-order chi connectivity index (χ1) is 14.2. The summed E-state index contributed by atoms with van der Waals surface area (Å²) >= 11 is 0. The molecule has 0 aliphatic carbocycles. The van der Waals surface area contributed by atoms with Crippen molar-refractivity contribution in [2.45, 2.75) is 13.5 Å². The summed E-state index contributed by atoms with van der Waals surface area (Å²) in [5.74, 6) is -3.20. The smallest absolute Gasteiger partial charge is 0.387 e. The molecule has 0 saturated carbocycles. The highest BCUT2D eigenvalue weighted by molar-refractivity contribution is 6.05. The van der Waals surface area contributed by atoms with E-state index in [1.165, 1.54) is 12.1 Å². The maximum absolute atomic E-state index is 12.1. The number of nitrogens with one attached hydrogen (secondary N) is 2. The van der Waals surface area contributed by atoms with Crippen LogP contribution < -0.4 is 15.4 Å². The maximum Gasteiger partial charge on any atom is 0.387 e. The molecular formula is C20H18F2N2O6. The van der Waals surface area contributed by atoms with E-state index < -0.39 is 43.5 Å². The van der Waals surface area contributed by atoms with E-state index >= 15 is 0 Å². The van der Waals surface area contributed by atoms with Crippen LogP contribution in [0.1, 0.15) is 26.3 Å². The van der Waals surface area contributed by atoms with E-state index in [2.05, 4.69) is 14.8 Å². The molecule has 0 heterocycles. The van der Waals surface area contributed by atoms with E-state index in [4.69, 9.17) is 0 Å². The zero-order valence-corrected chi connectivity index (χ0v) is 15.8. The standard InChI is InChI=1S/C20H18F2N2O6/c1-12-2-4-13(5-3-12)18(27)23-10-17(26)29-11-16(25)24-19(28)14-6-8-15(9-7-14)30-20(21)22/h2-9,20H,10-11H2,1H3,(H,23,27)(H,24,25,28). The van der Waals surface area contributed by atoms with Crippen molar-refractivity contribution in [2.75, 3.05) is 13.2 Å². The summed E-state index contributed by atoms with van der Waals surface area (Å²) in [6.45, 7) is -2.33. The minimum Gasteiger partial charge on any atom is -0.454 e. The molecule has 2 aromatic carbocycles. The number of carbonyl (C=O) groups excluding carboxylic acids is 4. The Balaban J connectivity index is 1.72. The molecule has 0 bridgehead atoms. The molecule has 3 amide bonds. The van der Waals surface area contributed by atoms with Gasteiger partial charge in [0.05, 0.1) is 0 Å². The zero-order chi connectivity index (χ0) is 22.1. The van der Waals surface area contributed by atoms with Gasteiger partial charge in [-0.2, -0.15) is 8.78 Å². The fourth-order valence-electron chi connectivity index (χ4n) is 2.18. The van der Waals surface area contributed by atoms with E-state index in [-0.39, 0.29) is 11.3 Å². The molecule has 0 saturated heterocycles. The Hall–Kier alpha value is -3.82. The number of benzene rings is 2. The highest BCUT2D eigenvalue weighted by Gasteiger charge is 2.14. The number of aryl methyl sites for hydroxylation is 1. The van der Waals surface area contributed by atoms with Gasteiger partial charge in [0.1, 0.15) is 12.3 Å². The van der Waals surface area contributed by atoms with Crippen molar-refractivity contribution in [1.82, 2.24) is 10.6 Å². The SMILES string of the molecule is Cc1ccc(C(=O)NCC(=O)OCC(=O)NC(=O)c2ccc(OC(F)F)cc2)cc1. The molecule has 0 unspecified atom stereocenters. The molecule has 0 aliphatic rings. The normalized spacial score (nSPS) is 10.3. The van der Waals surface area contributed by atoms with Crippen LogP contribution >= 0.6 is 0 Å². The minimum absolute atomic E-state index is 0.0154. The summed E-state index contributed by atoms with van der Waals surface area (Å²) in [7, 11) is 0. The molecule has 2 aromatic rings. The number of alkyl halides is 2. The van der Waals surface area contributed by atoms with Gasteiger partial charge in [0, 0.05) is 11.1 Å². The van der Waals surface area contributed by atoms with Gasteiger partial charge < -0.3 is 14.8 Å². The lowest BCUT2D eigenvalue weighted by molar-refractivity contribution is -0.147. The van der Waals surface area contributed by atoms with Crippen LogP contribution in [0.15, 0.2) is 48.5 Å². The lowest BCUT2D eigenvalue weighted by Crippen LogP contribution is -2.36. The van der Waals surface area contributed by atoms with Crippen molar-refractivity contribution >= 4 is 23.7 Å². The molecule has 2 N–H and O–H groups in total. The third-order valence-electron chi connectivity index (χ3n) is 3.67. The molecule has 0 atom stereocenters. The van der Waals surface area contributed by atoms with Crippen LogP contribution in [0.25, 0.3) is 0 Å². The summed E-state index contributed by atoms with van der Waals surface area (Å²) in [5.41, 5.74) is 1.35. The first kappa shape index (κ1) is 22.5. The van der Waals surface area contributed by atoms with Crippen molar-refractivity contribution in [1.29, 1.82) is 0 Å². The number of rotatable bonds is 8. The molecule has 0 radical (unpaired) electrons. The van der Waals surface area contributed by atoms with E-state index in [0.717, 1.165) is 17.7 Å². The number of halogens is 2. The summed E-state index contributed by atoms with van der Waals surface area (Å²) in [4.78, 5) is 47.2. The molecule has 158 valence electrons. The molecule has 30 heavy (non-hydrogen) atoms. The quantitative estimate of drug-likeness (QED) is 0.631. The van der Waals surface area contributed by atoms with Gasteiger partial charge >= 0.3 is 12.6 Å². The van der Waals surface area contributed by atoms with E-state index in [1.54, 1.807) is 24.3 Å². The maximum atomic E-state index is 12.1. The average Bonchev–Trinajstić information content (AvgIpc) is 2.71. The highest BCUT2D eigenvalue weighted by Crippen LogP contribution is 2.14. The molecule has 0 aliphatic heterocycles. The van der Waals surface area contributed by atoms with Gasteiger partial charge in [0.25, 0.3) is 17.7 Å². The first-order valence-electron chi connectivity index (χ1n) is 8.64. The largest absolute Gasteiger partial charge is 0.454 e. The van der Waals surface area contributed by atoms with Gasteiger partial charge in [-0.3, -0.25) is 24.5 Å². The number of hydrogen-bond acceptors (Lipinski definition) is 6. The average molecular weight is 420 g/mol. The van der Waals surface area contributed by atoms with Crippen LogP contribution in [0.4, 0.5) is 8.78 Å². The molecule has 10 heteroatoms. The topological polar surface area (TPSA) is 111 Å². The van der Waals surface area contributed by atoms with Crippen molar-refractivity contribution in [3.05, 3.63) is 65.2 Å². The van der Waals surface area contributed by atoms with Crippen LogP contribution in [-0.2, 0) is 14.3 Å². The van der Waals surface area contributed by atoms with Crippen molar-refractivity contribution in [3.8, 4) is 5.75 Å². The van der Waals surface area contributed by atoms with Crippen molar-refractivity contribution in [2.24, 2.45) is 0 Å². The fraction of sp³-hybridized carbons (Fsp3) is 0.200. The number of amides is 3. The van der Waals surface area contributed by atoms with Gasteiger partial charge in [-0.05, 0) is 43.3 Å². The second-order valence-corrected chi connectivity index (χ2v) is 5.99. The summed E-state index contributed by atoms with van der Waals surface area (Å²) < 4.78 is 33.0. The molecule has 2 rings (SSSR count). The lowest BCUT2D eigenvalue weighted by Gasteiger charge is -2.08. The Morgan fingerprint density at radius 2 is 1.47 bits per heavy atom. The Bertz CT molecular complexity index is 914. The van der Waals surface area contributed by atoms with Gasteiger partial charge in [0.2, 0.25) is 0 Å². The Labute approximate surface area is 170 Å². The Morgan fingerprint density at radius 3 is 2.07 bits per heavy atom. The number of imide groups is 1. The number of esters is 1. The third kappa shape index (κ3) is 7.30.